The van der Waals surface area contributed by atoms with E-state index in [1.165, 1.54) is 0 Å². The Morgan fingerprint density at radius 1 is 1.64 bits per heavy atom. The van der Waals surface area contributed by atoms with Crippen LogP contribution >= 0.6 is 11.3 Å². The Kier molecular flexibility index (Phi) is 1.84. The van der Waals surface area contributed by atoms with Gasteiger partial charge in [-0.25, -0.2) is 0 Å². The van der Waals surface area contributed by atoms with Gasteiger partial charge in [-0.1, -0.05) is 0 Å². The summed E-state index contributed by atoms with van der Waals surface area (Å²) < 4.78 is 5.04. The van der Waals surface area contributed by atoms with Crippen molar-refractivity contribution in [1.29, 1.82) is 0 Å². The average Bonchev–Trinajstić information content (AvgIpc) is 2.34. The third kappa shape index (κ3) is 1.27. The molecule has 1 aliphatic heterocycles. The molecule has 0 spiro atoms. The summed E-state index contributed by atoms with van der Waals surface area (Å²) in [6, 6.07) is 2.26. The van der Waals surface area contributed by atoms with Crippen LogP contribution in [0, 0.1) is 0 Å². The van der Waals surface area contributed by atoms with Gasteiger partial charge < -0.3 is 0 Å². The van der Waals surface area contributed by atoms with Crippen molar-refractivity contribution in [2.24, 2.45) is 0 Å². The van der Waals surface area contributed by atoms with Crippen molar-refractivity contribution in [3.05, 3.63) is 16.3 Å². The Bertz CT molecular complexity index is 267. The first-order chi connectivity index (χ1) is 5.20. The van der Waals surface area contributed by atoms with Crippen LogP contribution in [0.4, 0.5) is 0 Å². The zero-order valence-electron chi connectivity index (χ0n) is 6.68. The fourth-order valence-electron chi connectivity index (χ4n) is 1.25. The van der Waals surface area contributed by atoms with E-state index >= 15 is 0 Å². The third-order valence-corrected chi connectivity index (χ3v) is 5.29. The van der Waals surface area contributed by atoms with Crippen LogP contribution in [0.3, 0.4) is 0 Å². The van der Waals surface area contributed by atoms with Crippen molar-refractivity contribution >= 4 is 31.0 Å². The molecule has 0 fully saturated rings. The van der Waals surface area contributed by atoms with Gasteiger partial charge in [-0.3, -0.25) is 0 Å². The van der Waals surface area contributed by atoms with Gasteiger partial charge in [-0.15, -0.1) is 0 Å². The van der Waals surface area contributed by atoms with Crippen molar-refractivity contribution < 1.29 is 0 Å². The zero-order valence-corrected chi connectivity index (χ0v) is 9.21. The fourth-order valence-corrected chi connectivity index (χ4v) is 5.17. The van der Waals surface area contributed by atoms with E-state index in [2.05, 4.69) is 29.6 Å². The van der Waals surface area contributed by atoms with Gasteiger partial charge in [0.25, 0.3) is 0 Å². The zero-order chi connectivity index (χ0) is 7.90. The Balaban J connectivity index is 2.48. The molecule has 1 nitrogen and oxygen atoms in total. The maximum absolute atomic E-state index is 3.49. The van der Waals surface area contributed by atoms with Crippen LogP contribution in [-0.4, -0.2) is 21.7 Å². The van der Waals surface area contributed by atoms with Crippen molar-refractivity contribution in [2.45, 2.75) is 19.3 Å². The molecule has 1 aromatic heterocycles. The number of hydrogen-bond donors (Lipinski definition) is 1. The Morgan fingerprint density at radius 3 is 3.18 bits per heavy atom. The fraction of sp³-hybridized carbons (Fsp3) is 0.500. The normalized spacial score (nSPS) is 21.3. The molecule has 0 bridgehead atoms. The third-order valence-electron chi connectivity index (χ3n) is 1.94. The first-order valence-electron chi connectivity index (χ1n) is 3.68. The second kappa shape index (κ2) is 2.60. The predicted octanol–water partition coefficient (Wildman–Crippen LogP) is 0.873. The second-order valence-electron chi connectivity index (χ2n) is 3.42. The van der Waals surface area contributed by atoms with E-state index in [-0.39, 0.29) is 0 Å². The second-order valence-corrected chi connectivity index (χ2v) is 6.29. The molecule has 0 unspecified atom stereocenters. The molecule has 0 aliphatic carbocycles. The van der Waals surface area contributed by atoms with Crippen LogP contribution < -0.4 is 8.79 Å². The Hall–Kier alpha value is 0.179. The molecule has 0 amide bonds. The summed E-state index contributed by atoms with van der Waals surface area (Å²) in [4.78, 5) is 1.59. The Labute approximate surface area is 77.6 Å². The number of thiophene rings is 1. The summed E-state index contributed by atoms with van der Waals surface area (Å²) in [5.74, 6) is 0. The molecule has 2 heterocycles. The topological polar surface area (TPSA) is 12.0 Å². The first-order valence-corrected chi connectivity index (χ1v) is 6.27. The number of hydrogen-bond acceptors (Lipinski definition) is 2. The number of nitrogens with one attached hydrogen (secondary N) is 1. The van der Waals surface area contributed by atoms with Crippen LogP contribution in [0.1, 0.15) is 18.7 Å². The van der Waals surface area contributed by atoms with Gasteiger partial charge in [-0.2, -0.15) is 0 Å². The standard InChI is InChI=1S/C8H11NSSe/c1-8(2)5-9-11-6-3-4-10-7(6)8/h3-4,9H,5H2,1-2H3. The predicted molar refractivity (Wildman–Crippen MR) is 50.7 cm³/mol. The van der Waals surface area contributed by atoms with Gasteiger partial charge in [0, 0.05) is 0 Å². The monoisotopic (exact) mass is 233 g/mol. The molecule has 11 heavy (non-hydrogen) atoms. The minimum atomic E-state index is 0.365. The molecule has 0 aromatic carbocycles. The molecular weight excluding hydrogens is 221 g/mol. The summed E-state index contributed by atoms with van der Waals surface area (Å²) in [5, 5.41) is 2.21. The molecule has 3 heteroatoms. The summed E-state index contributed by atoms with van der Waals surface area (Å²) in [6.45, 7) is 5.76. The van der Waals surface area contributed by atoms with Crippen LogP contribution in [0.25, 0.3) is 0 Å². The van der Waals surface area contributed by atoms with Gasteiger partial charge in [-0.05, 0) is 0 Å². The van der Waals surface area contributed by atoms with Crippen molar-refractivity contribution in [1.82, 2.24) is 4.33 Å². The van der Waals surface area contributed by atoms with E-state index in [1.807, 2.05) is 11.3 Å². The van der Waals surface area contributed by atoms with Crippen LogP contribution in [0.2, 0.25) is 0 Å². The summed E-state index contributed by atoms with van der Waals surface area (Å²) in [7, 11) is 0. The van der Waals surface area contributed by atoms with Crippen molar-refractivity contribution in [2.75, 3.05) is 6.54 Å². The van der Waals surface area contributed by atoms with Crippen LogP contribution in [0.5, 0.6) is 0 Å². The van der Waals surface area contributed by atoms with E-state index in [1.54, 1.807) is 9.34 Å². The SMILES string of the molecule is CC1(C)CN[Se]c2ccsc21. The van der Waals surface area contributed by atoms with Crippen molar-refractivity contribution in [3.63, 3.8) is 0 Å². The van der Waals surface area contributed by atoms with Crippen LogP contribution in [0.15, 0.2) is 11.4 Å². The molecule has 0 radical (unpaired) electrons. The molecule has 0 saturated heterocycles. The van der Waals surface area contributed by atoms with E-state index in [0.717, 1.165) is 6.54 Å². The van der Waals surface area contributed by atoms with E-state index < -0.39 is 0 Å². The molecule has 1 aromatic rings. The summed E-state index contributed by atoms with van der Waals surface area (Å²) in [6.07, 6.45) is 0. The van der Waals surface area contributed by atoms with Gasteiger partial charge >= 0.3 is 77.4 Å². The summed E-state index contributed by atoms with van der Waals surface area (Å²) in [5.41, 5.74) is 0.365. The molecule has 60 valence electrons. The van der Waals surface area contributed by atoms with Gasteiger partial charge in [0.1, 0.15) is 0 Å². The van der Waals surface area contributed by atoms with E-state index in [4.69, 9.17) is 0 Å². The molecule has 1 N–H and O–H groups in total. The molecule has 2 rings (SSSR count). The molecule has 1 aliphatic rings. The molecule has 0 saturated carbocycles. The first kappa shape index (κ1) is 7.81. The van der Waals surface area contributed by atoms with Gasteiger partial charge in [0.15, 0.2) is 0 Å². The Morgan fingerprint density at radius 2 is 2.45 bits per heavy atom. The minimum absolute atomic E-state index is 0.365. The van der Waals surface area contributed by atoms with Crippen molar-refractivity contribution in [3.8, 4) is 0 Å². The molecular formula is C8H11NSSe. The van der Waals surface area contributed by atoms with Gasteiger partial charge in [0.05, 0.1) is 0 Å². The van der Waals surface area contributed by atoms with E-state index in [9.17, 15) is 0 Å². The maximum atomic E-state index is 3.49. The number of rotatable bonds is 0. The quantitative estimate of drug-likeness (QED) is 0.655. The average molecular weight is 232 g/mol. The number of fused-ring (bicyclic) bond motifs is 1. The summed E-state index contributed by atoms with van der Waals surface area (Å²) >= 11 is 2.44. The molecule has 0 atom stereocenters. The van der Waals surface area contributed by atoms with Crippen LogP contribution in [-0.2, 0) is 5.41 Å². The van der Waals surface area contributed by atoms with E-state index in [0.29, 0.717) is 20.6 Å². The van der Waals surface area contributed by atoms with Gasteiger partial charge in [0.2, 0.25) is 0 Å².